The van der Waals surface area contributed by atoms with Crippen LogP contribution in [0.25, 0.3) is 0 Å². The summed E-state index contributed by atoms with van der Waals surface area (Å²) in [5.41, 5.74) is 6.26. The summed E-state index contributed by atoms with van der Waals surface area (Å²) in [6.07, 6.45) is 0. The number of likely N-dealkylation sites (N-methyl/N-ethyl adjacent to an activating group) is 1. The number of rotatable bonds is 4. The van der Waals surface area contributed by atoms with Crippen molar-refractivity contribution in [2.24, 2.45) is 5.73 Å². The summed E-state index contributed by atoms with van der Waals surface area (Å²) in [5, 5.41) is 18.8. The molecule has 0 spiro atoms. The number of aromatic hydroxyl groups is 2. The number of phenolic OH excluding ortho intramolecular Hbond substituents is 2. The molecular formula is C11H18N2O2. The fourth-order valence-electron chi connectivity index (χ4n) is 1.52. The second-order valence-corrected chi connectivity index (χ2v) is 3.69. The molecule has 0 amide bonds. The third-order valence-electron chi connectivity index (χ3n) is 2.61. The molecule has 0 aliphatic heterocycles. The molecular weight excluding hydrogens is 192 g/mol. The molecule has 15 heavy (non-hydrogen) atoms. The highest BCUT2D eigenvalue weighted by molar-refractivity contribution is 5.40. The average molecular weight is 210 g/mol. The lowest BCUT2D eigenvalue weighted by molar-refractivity contribution is 0.263. The molecule has 1 atom stereocenters. The molecule has 4 N–H and O–H groups in total. The zero-order chi connectivity index (χ0) is 11.4. The first kappa shape index (κ1) is 11.8. The Balaban J connectivity index is 2.86. The monoisotopic (exact) mass is 210 g/mol. The lowest BCUT2D eigenvalue weighted by Gasteiger charge is -2.25. The molecule has 0 aliphatic rings. The van der Waals surface area contributed by atoms with E-state index in [1.54, 1.807) is 12.1 Å². The predicted molar refractivity (Wildman–Crippen MR) is 59.9 cm³/mol. The van der Waals surface area contributed by atoms with E-state index in [9.17, 15) is 5.11 Å². The molecule has 0 heterocycles. The van der Waals surface area contributed by atoms with Crippen LogP contribution < -0.4 is 5.73 Å². The first-order valence-electron chi connectivity index (χ1n) is 4.98. The van der Waals surface area contributed by atoms with Crippen molar-refractivity contribution in [3.05, 3.63) is 23.8 Å². The normalized spacial score (nSPS) is 13.1. The van der Waals surface area contributed by atoms with Gasteiger partial charge in [-0.15, -0.1) is 0 Å². The summed E-state index contributed by atoms with van der Waals surface area (Å²) in [6.45, 7) is 3.34. The van der Waals surface area contributed by atoms with Gasteiger partial charge in [0.1, 0.15) is 11.5 Å². The van der Waals surface area contributed by atoms with Crippen molar-refractivity contribution in [3.63, 3.8) is 0 Å². The van der Waals surface area contributed by atoms with Crippen molar-refractivity contribution in [2.75, 3.05) is 20.1 Å². The van der Waals surface area contributed by atoms with Crippen LogP contribution in [-0.2, 0) is 0 Å². The van der Waals surface area contributed by atoms with Crippen LogP contribution in [0.1, 0.15) is 18.5 Å². The van der Waals surface area contributed by atoms with Crippen LogP contribution in [-0.4, -0.2) is 35.3 Å². The van der Waals surface area contributed by atoms with Gasteiger partial charge in [0, 0.05) is 30.8 Å². The van der Waals surface area contributed by atoms with Crippen LogP contribution in [0.4, 0.5) is 0 Å². The first-order chi connectivity index (χ1) is 7.06. The summed E-state index contributed by atoms with van der Waals surface area (Å²) in [7, 11) is 1.95. The summed E-state index contributed by atoms with van der Waals surface area (Å²) in [6, 6.07) is 4.72. The van der Waals surface area contributed by atoms with Gasteiger partial charge in [-0.05, 0) is 20.0 Å². The minimum absolute atomic E-state index is 0.0740. The SMILES string of the molecule is CC(c1ccc(O)cc1O)N(C)CCN. The standard InChI is InChI=1S/C11H18N2O2/c1-8(13(2)6-5-12)10-4-3-9(14)7-11(10)15/h3-4,7-8,14-15H,5-6,12H2,1-2H3. The Hall–Kier alpha value is -1.26. The van der Waals surface area contributed by atoms with Crippen molar-refractivity contribution in [3.8, 4) is 11.5 Å². The minimum Gasteiger partial charge on any atom is -0.508 e. The van der Waals surface area contributed by atoms with Crippen molar-refractivity contribution in [1.82, 2.24) is 4.90 Å². The summed E-state index contributed by atoms with van der Waals surface area (Å²) < 4.78 is 0. The number of benzene rings is 1. The lowest BCUT2D eigenvalue weighted by Crippen LogP contribution is -2.28. The Labute approximate surface area is 89.9 Å². The number of nitrogens with zero attached hydrogens (tertiary/aromatic N) is 1. The third-order valence-corrected chi connectivity index (χ3v) is 2.61. The number of phenols is 2. The summed E-state index contributed by atoms with van der Waals surface area (Å²) in [5.74, 6) is 0.191. The van der Waals surface area contributed by atoms with E-state index >= 15 is 0 Å². The summed E-state index contributed by atoms with van der Waals surface area (Å²) >= 11 is 0. The van der Waals surface area contributed by atoms with E-state index in [0.29, 0.717) is 6.54 Å². The first-order valence-corrected chi connectivity index (χ1v) is 4.98. The van der Waals surface area contributed by atoms with Gasteiger partial charge >= 0.3 is 0 Å². The maximum absolute atomic E-state index is 9.66. The van der Waals surface area contributed by atoms with Gasteiger partial charge < -0.3 is 15.9 Å². The van der Waals surface area contributed by atoms with Crippen molar-refractivity contribution in [2.45, 2.75) is 13.0 Å². The second kappa shape index (κ2) is 5.00. The van der Waals surface area contributed by atoms with E-state index in [1.165, 1.54) is 6.07 Å². The average Bonchev–Trinajstić information content (AvgIpc) is 2.17. The van der Waals surface area contributed by atoms with Gasteiger partial charge in [-0.2, -0.15) is 0 Å². The van der Waals surface area contributed by atoms with Gasteiger partial charge in [0.15, 0.2) is 0 Å². The topological polar surface area (TPSA) is 69.7 Å². The van der Waals surface area contributed by atoms with Gasteiger partial charge in [-0.3, -0.25) is 4.90 Å². The fourth-order valence-corrected chi connectivity index (χ4v) is 1.52. The highest BCUT2D eigenvalue weighted by Gasteiger charge is 2.14. The molecule has 0 saturated carbocycles. The van der Waals surface area contributed by atoms with Gasteiger partial charge in [0.25, 0.3) is 0 Å². The van der Waals surface area contributed by atoms with Crippen LogP contribution in [0, 0.1) is 0 Å². The second-order valence-electron chi connectivity index (χ2n) is 3.69. The summed E-state index contributed by atoms with van der Waals surface area (Å²) in [4.78, 5) is 2.05. The smallest absolute Gasteiger partial charge is 0.124 e. The molecule has 0 bridgehead atoms. The van der Waals surface area contributed by atoms with Crippen LogP contribution >= 0.6 is 0 Å². The highest BCUT2D eigenvalue weighted by atomic mass is 16.3. The van der Waals surface area contributed by atoms with Crippen LogP contribution in [0.2, 0.25) is 0 Å². The zero-order valence-corrected chi connectivity index (χ0v) is 9.14. The lowest BCUT2D eigenvalue weighted by atomic mass is 10.1. The number of hydrogen-bond acceptors (Lipinski definition) is 4. The molecule has 0 fully saturated rings. The quantitative estimate of drug-likeness (QED) is 0.694. The molecule has 4 nitrogen and oxygen atoms in total. The maximum atomic E-state index is 9.66. The van der Waals surface area contributed by atoms with Crippen LogP contribution in [0.15, 0.2) is 18.2 Å². The Bertz CT molecular complexity index is 328. The fraction of sp³-hybridized carbons (Fsp3) is 0.455. The molecule has 0 aliphatic carbocycles. The van der Waals surface area contributed by atoms with E-state index in [4.69, 9.17) is 10.8 Å². The molecule has 84 valence electrons. The Morgan fingerprint density at radius 2 is 2.07 bits per heavy atom. The van der Waals surface area contributed by atoms with E-state index < -0.39 is 0 Å². The van der Waals surface area contributed by atoms with Gasteiger partial charge in [0.05, 0.1) is 0 Å². The van der Waals surface area contributed by atoms with Gasteiger partial charge in [0.2, 0.25) is 0 Å². The van der Waals surface area contributed by atoms with Crippen LogP contribution in [0.5, 0.6) is 11.5 Å². The molecule has 1 aromatic rings. The molecule has 1 aromatic carbocycles. The molecule has 1 rings (SSSR count). The van der Waals surface area contributed by atoms with Gasteiger partial charge in [-0.25, -0.2) is 0 Å². The molecule has 0 radical (unpaired) electrons. The highest BCUT2D eigenvalue weighted by Crippen LogP contribution is 2.30. The van der Waals surface area contributed by atoms with E-state index in [1.807, 2.05) is 18.9 Å². The van der Waals surface area contributed by atoms with E-state index in [2.05, 4.69) is 0 Å². The molecule has 1 unspecified atom stereocenters. The Morgan fingerprint density at radius 1 is 1.40 bits per heavy atom. The molecule has 0 aromatic heterocycles. The zero-order valence-electron chi connectivity index (χ0n) is 9.14. The van der Waals surface area contributed by atoms with Crippen LogP contribution in [0.3, 0.4) is 0 Å². The van der Waals surface area contributed by atoms with E-state index in [-0.39, 0.29) is 17.5 Å². The van der Waals surface area contributed by atoms with Crippen molar-refractivity contribution in [1.29, 1.82) is 0 Å². The molecule has 4 heteroatoms. The van der Waals surface area contributed by atoms with Crippen molar-refractivity contribution >= 4 is 0 Å². The Morgan fingerprint density at radius 3 is 2.60 bits per heavy atom. The largest absolute Gasteiger partial charge is 0.508 e. The number of hydrogen-bond donors (Lipinski definition) is 3. The van der Waals surface area contributed by atoms with E-state index in [0.717, 1.165) is 12.1 Å². The Kier molecular flexibility index (Phi) is 3.94. The predicted octanol–water partition coefficient (Wildman–Crippen LogP) is 1.05. The van der Waals surface area contributed by atoms with Crippen molar-refractivity contribution < 1.29 is 10.2 Å². The third kappa shape index (κ3) is 2.84. The van der Waals surface area contributed by atoms with Gasteiger partial charge in [-0.1, -0.05) is 6.07 Å². The minimum atomic E-state index is 0.0740. The maximum Gasteiger partial charge on any atom is 0.124 e. The molecule has 0 saturated heterocycles. The number of nitrogens with two attached hydrogens (primary N) is 1.